The highest BCUT2D eigenvalue weighted by atomic mass is 15.2. The molecule has 2 heteroatoms. The Morgan fingerprint density at radius 3 is 2.75 bits per heavy atom. The molecule has 16 heavy (non-hydrogen) atoms. The Morgan fingerprint density at radius 1 is 1.25 bits per heavy atom. The predicted octanol–water partition coefficient (Wildman–Crippen LogP) is 3.03. The first kappa shape index (κ1) is 14.0. The van der Waals surface area contributed by atoms with E-state index in [4.69, 9.17) is 0 Å². The molecule has 0 aromatic heterocycles. The minimum absolute atomic E-state index is 0.642. The molecule has 0 bridgehead atoms. The van der Waals surface area contributed by atoms with Gasteiger partial charge in [-0.3, -0.25) is 0 Å². The molecule has 1 aliphatic heterocycles. The van der Waals surface area contributed by atoms with Gasteiger partial charge in [-0.05, 0) is 51.7 Å². The van der Waals surface area contributed by atoms with Crippen molar-refractivity contribution in [3.8, 4) is 0 Å². The summed E-state index contributed by atoms with van der Waals surface area (Å²) in [5.74, 6) is 0. The van der Waals surface area contributed by atoms with E-state index in [0.717, 1.165) is 6.04 Å². The van der Waals surface area contributed by atoms with Crippen molar-refractivity contribution >= 4 is 0 Å². The topological polar surface area (TPSA) is 15.3 Å². The quantitative estimate of drug-likeness (QED) is 0.640. The van der Waals surface area contributed by atoms with E-state index in [0.29, 0.717) is 6.04 Å². The predicted molar refractivity (Wildman–Crippen MR) is 71.9 cm³/mol. The van der Waals surface area contributed by atoms with Crippen LogP contribution in [0.2, 0.25) is 0 Å². The fourth-order valence-corrected chi connectivity index (χ4v) is 2.66. The lowest BCUT2D eigenvalue weighted by Crippen LogP contribution is -2.30. The Morgan fingerprint density at radius 2 is 2.06 bits per heavy atom. The smallest absolute Gasteiger partial charge is 0.00931 e. The van der Waals surface area contributed by atoms with Crippen LogP contribution in [0.1, 0.15) is 59.3 Å². The van der Waals surface area contributed by atoms with Crippen LogP contribution < -0.4 is 5.32 Å². The maximum absolute atomic E-state index is 3.48. The zero-order chi connectivity index (χ0) is 11.8. The first-order valence-electron chi connectivity index (χ1n) is 7.21. The number of nitrogens with one attached hydrogen (secondary N) is 1. The van der Waals surface area contributed by atoms with Crippen molar-refractivity contribution in [3.05, 3.63) is 0 Å². The highest BCUT2D eigenvalue weighted by molar-refractivity contribution is 4.77. The first-order chi connectivity index (χ1) is 7.74. The Balaban J connectivity index is 1.94. The van der Waals surface area contributed by atoms with Gasteiger partial charge in [-0.25, -0.2) is 0 Å². The molecule has 1 saturated heterocycles. The fraction of sp³-hybridized carbons (Fsp3) is 1.00. The van der Waals surface area contributed by atoms with Crippen LogP contribution in [0.15, 0.2) is 0 Å². The molecule has 1 atom stereocenters. The SMILES string of the molecule is CCC1CCCN1CCCCCNC(C)C. The molecule has 0 aromatic rings. The lowest BCUT2D eigenvalue weighted by molar-refractivity contribution is 0.243. The molecule has 1 N–H and O–H groups in total. The van der Waals surface area contributed by atoms with Crippen LogP contribution >= 0.6 is 0 Å². The number of hydrogen-bond donors (Lipinski definition) is 1. The summed E-state index contributed by atoms with van der Waals surface area (Å²) in [6.45, 7) is 10.6. The van der Waals surface area contributed by atoms with E-state index >= 15 is 0 Å². The Bertz CT molecular complexity index is 168. The molecule has 0 amide bonds. The molecular formula is C14H30N2. The van der Waals surface area contributed by atoms with Crippen LogP contribution in [0.3, 0.4) is 0 Å². The van der Waals surface area contributed by atoms with Crippen LogP contribution in [0.25, 0.3) is 0 Å². The van der Waals surface area contributed by atoms with Crippen molar-refractivity contribution in [3.63, 3.8) is 0 Å². The van der Waals surface area contributed by atoms with Gasteiger partial charge in [-0.1, -0.05) is 27.2 Å². The zero-order valence-corrected chi connectivity index (χ0v) is 11.5. The van der Waals surface area contributed by atoms with Crippen LogP contribution in [0.4, 0.5) is 0 Å². The molecule has 96 valence electrons. The molecule has 0 spiro atoms. The van der Waals surface area contributed by atoms with Crippen molar-refractivity contribution in [2.45, 2.75) is 71.4 Å². The Kier molecular flexibility index (Phi) is 7.06. The second-order valence-electron chi connectivity index (χ2n) is 5.41. The van der Waals surface area contributed by atoms with Gasteiger partial charge in [0.15, 0.2) is 0 Å². The summed E-state index contributed by atoms with van der Waals surface area (Å²) in [5.41, 5.74) is 0. The Hall–Kier alpha value is -0.0800. The van der Waals surface area contributed by atoms with Crippen LogP contribution in [-0.4, -0.2) is 36.6 Å². The number of nitrogens with zero attached hydrogens (tertiary/aromatic N) is 1. The maximum Gasteiger partial charge on any atom is 0.00931 e. The third kappa shape index (κ3) is 5.31. The summed E-state index contributed by atoms with van der Waals surface area (Å²) < 4.78 is 0. The van der Waals surface area contributed by atoms with Gasteiger partial charge in [-0.15, -0.1) is 0 Å². The lowest BCUT2D eigenvalue weighted by atomic mass is 10.1. The molecule has 0 aliphatic carbocycles. The Labute approximate surface area is 102 Å². The number of hydrogen-bond acceptors (Lipinski definition) is 2. The summed E-state index contributed by atoms with van der Waals surface area (Å²) >= 11 is 0. The van der Waals surface area contributed by atoms with E-state index < -0.39 is 0 Å². The van der Waals surface area contributed by atoms with E-state index in [2.05, 4.69) is 31.0 Å². The van der Waals surface area contributed by atoms with Gasteiger partial charge in [0.1, 0.15) is 0 Å². The number of rotatable bonds is 8. The average molecular weight is 226 g/mol. The third-order valence-electron chi connectivity index (χ3n) is 3.65. The molecule has 1 unspecified atom stereocenters. The highest BCUT2D eigenvalue weighted by Crippen LogP contribution is 2.20. The van der Waals surface area contributed by atoms with Crippen LogP contribution in [0, 0.1) is 0 Å². The maximum atomic E-state index is 3.48. The minimum atomic E-state index is 0.642. The number of likely N-dealkylation sites (tertiary alicyclic amines) is 1. The summed E-state index contributed by atoms with van der Waals surface area (Å²) in [6.07, 6.45) is 8.31. The van der Waals surface area contributed by atoms with Crippen molar-refractivity contribution < 1.29 is 0 Å². The van der Waals surface area contributed by atoms with Gasteiger partial charge < -0.3 is 10.2 Å². The van der Waals surface area contributed by atoms with E-state index in [9.17, 15) is 0 Å². The average Bonchev–Trinajstić information content (AvgIpc) is 2.70. The van der Waals surface area contributed by atoms with Gasteiger partial charge in [0.2, 0.25) is 0 Å². The third-order valence-corrected chi connectivity index (χ3v) is 3.65. The largest absolute Gasteiger partial charge is 0.315 e. The summed E-state index contributed by atoms with van der Waals surface area (Å²) in [7, 11) is 0. The molecule has 1 aliphatic rings. The molecule has 1 fully saturated rings. The van der Waals surface area contributed by atoms with Crippen LogP contribution in [-0.2, 0) is 0 Å². The zero-order valence-electron chi connectivity index (χ0n) is 11.5. The second-order valence-corrected chi connectivity index (χ2v) is 5.41. The molecular weight excluding hydrogens is 196 g/mol. The summed E-state index contributed by atoms with van der Waals surface area (Å²) in [5, 5.41) is 3.48. The molecule has 1 heterocycles. The van der Waals surface area contributed by atoms with Gasteiger partial charge >= 0.3 is 0 Å². The number of unbranched alkanes of at least 4 members (excludes halogenated alkanes) is 2. The van der Waals surface area contributed by atoms with Gasteiger partial charge in [0, 0.05) is 12.1 Å². The van der Waals surface area contributed by atoms with Crippen molar-refractivity contribution in [1.82, 2.24) is 10.2 Å². The summed E-state index contributed by atoms with van der Waals surface area (Å²) in [4.78, 5) is 2.70. The molecule has 0 saturated carbocycles. The van der Waals surface area contributed by atoms with Gasteiger partial charge in [-0.2, -0.15) is 0 Å². The normalized spacial score (nSPS) is 22.1. The lowest BCUT2D eigenvalue weighted by Gasteiger charge is -2.23. The van der Waals surface area contributed by atoms with E-state index in [-0.39, 0.29) is 0 Å². The molecule has 0 radical (unpaired) electrons. The fourth-order valence-electron chi connectivity index (χ4n) is 2.66. The molecule has 0 aromatic carbocycles. The summed E-state index contributed by atoms with van der Waals surface area (Å²) in [6, 6.07) is 1.54. The van der Waals surface area contributed by atoms with E-state index in [1.54, 1.807) is 0 Å². The second kappa shape index (κ2) is 8.08. The minimum Gasteiger partial charge on any atom is -0.315 e. The van der Waals surface area contributed by atoms with Crippen molar-refractivity contribution in [2.24, 2.45) is 0 Å². The highest BCUT2D eigenvalue weighted by Gasteiger charge is 2.21. The van der Waals surface area contributed by atoms with E-state index in [1.807, 2.05) is 0 Å². The van der Waals surface area contributed by atoms with E-state index in [1.165, 1.54) is 58.2 Å². The molecule has 1 rings (SSSR count). The van der Waals surface area contributed by atoms with Crippen molar-refractivity contribution in [1.29, 1.82) is 0 Å². The van der Waals surface area contributed by atoms with Crippen LogP contribution in [0.5, 0.6) is 0 Å². The first-order valence-corrected chi connectivity index (χ1v) is 7.21. The van der Waals surface area contributed by atoms with Crippen molar-refractivity contribution in [2.75, 3.05) is 19.6 Å². The monoisotopic (exact) mass is 226 g/mol. The van der Waals surface area contributed by atoms with Gasteiger partial charge in [0.25, 0.3) is 0 Å². The van der Waals surface area contributed by atoms with Gasteiger partial charge in [0.05, 0.1) is 0 Å². The standard InChI is InChI=1S/C14H30N2/c1-4-14-9-8-12-16(14)11-7-5-6-10-15-13(2)3/h13-15H,4-12H2,1-3H3. The molecule has 2 nitrogen and oxygen atoms in total.